The normalized spacial score (nSPS) is 1.00. The Bertz CT molecular complexity index is 6.00. The fraction of sp³-hybridized carbons (Fsp3) is 1.00. The topological polar surface area (TPSA) is 0 Å². The molecule has 0 saturated carbocycles. The summed E-state index contributed by atoms with van der Waals surface area (Å²) in [6.07, 6.45) is 0. The maximum atomic E-state index is 2.00. The molecule has 3 heteroatoms. The van der Waals surface area contributed by atoms with Gasteiger partial charge in [-0.1, -0.05) is 21.3 Å². The highest BCUT2D eigenvalue weighted by atomic mass is 19.0. The Labute approximate surface area is 36.7 Å². The Morgan fingerprint density at radius 1 is 0.667 bits per heavy atom. The number of hydrogen-bond acceptors (Lipinski definition) is 0. The molecule has 0 aliphatic carbocycles. The van der Waals surface area contributed by atoms with Gasteiger partial charge in [-0.25, -0.2) is 0 Å². The van der Waals surface area contributed by atoms with Gasteiger partial charge in [0, 0.05) is 0 Å². The lowest BCUT2D eigenvalue weighted by Crippen LogP contribution is -0.856. The zero-order valence-corrected chi connectivity index (χ0v) is 3.22. The largest absolute Gasteiger partial charge is 0.269 e. The number of hydrogen-bond donors (Lipinski definition) is 0. The number of halogens is 3. The van der Waals surface area contributed by atoms with Crippen LogP contribution in [0.1, 0.15) is 21.3 Å². The Morgan fingerprint density at radius 2 is 0.667 bits per heavy atom. The van der Waals surface area contributed by atoms with Gasteiger partial charge in [-0.15, -0.1) is 0 Å². The summed E-state index contributed by atoms with van der Waals surface area (Å²) in [5.74, 6) is 0. The summed E-state index contributed by atoms with van der Waals surface area (Å²) < 4.78 is 0. The average Bonchev–Trinajstić information content (AvgIpc) is 1.00. The van der Waals surface area contributed by atoms with Gasteiger partial charge in [0.1, 0.15) is 0 Å². The molecule has 6 heavy (non-hydrogen) atoms. The van der Waals surface area contributed by atoms with Crippen LogP contribution in [0.5, 0.6) is 0 Å². The minimum atomic E-state index is 0. The highest BCUT2D eigenvalue weighted by Gasteiger charge is 0.932. The summed E-state index contributed by atoms with van der Waals surface area (Å²) >= 11 is 0. The minimum absolute atomic E-state index is 0. The summed E-state index contributed by atoms with van der Waals surface area (Å²) in [5.41, 5.74) is 0. The van der Waals surface area contributed by atoms with Crippen LogP contribution in [0.4, 0.5) is 14.1 Å². The zero-order valence-electron chi connectivity index (χ0n) is 3.22. The van der Waals surface area contributed by atoms with E-state index in [1.807, 2.05) is 13.8 Å². The molecule has 0 aromatic rings. The van der Waals surface area contributed by atoms with Gasteiger partial charge < -0.3 is 0 Å². The standard InChI is InChI=1S/C2H6.CH4.3FH/c1-2;;;;/h1-2H3;1H4;3*1H. The van der Waals surface area contributed by atoms with Gasteiger partial charge in [-0.05, 0) is 0 Å². The molecular formula is C3H13F3. The smallest absolute Gasteiger partial charge is 0.0683 e. The van der Waals surface area contributed by atoms with Crippen LogP contribution in [-0.4, -0.2) is 0 Å². The lowest BCUT2D eigenvalue weighted by atomic mass is 11.0. The SMILES string of the molecule is C.CC.F.F.F. The van der Waals surface area contributed by atoms with E-state index in [0.29, 0.717) is 0 Å². The average molecular weight is 106 g/mol. The molecule has 0 aromatic heterocycles. The first-order chi connectivity index (χ1) is 1.00. The molecule has 0 atom stereocenters. The second-order valence-corrected chi connectivity index (χ2v) is 0. The second-order valence-electron chi connectivity index (χ2n) is 0. The molecule has 0 spiro atoms. The van der Waals surface area contributed by atoms with Crippen molar-refractivity contribution in [3.63, 3.8) is 0 Å². The summed E-state index contributed by atoms with van der Waals surface area (Å²) in [5, 5.41) is 0. The zero-order chi connectivity index (χ0) is 2.00. The van der Waals surface area contributed by atoms with Gasteiger partial charge in [0.05, 0.1) is 0 Å². The molecule has 0 heterocycles. The molecule has 0 aliphatic rings. The molecule has 0 N–H and O–H groups in total. The van der Waals surface area contributed by atoms with Gasteiger partial charge in [-0.2, -0.15) is 0 Å². The monoisotopic (exact) mass is 106 g/mol. The maximum absolute atomic E-state index is 2.00. The van der Waals surface area contributed by atoms with E-state index >= 15 is 0 Å². The summed E-state index contributed by atoms with van der Waals surface area (Å²) in [6.45, 7) is 4.00. The summed E-state index contributed by atoms with van der Waals surface area (Å²) in [7, 11) is 0. The van der Waals surface area contributed by atoms with Crippen molar-refractivity contribution in [1.82, 2.24) is 0 Å². The van der Waals surface area contributed by atoms with E-state index in [1.165, 1.54) is 0 Å². The Balaban J connectivity index is -0.000000000833. The first-order valence-electron chi connectivity index (χ1n) is 1.00. The minimum Gasteiger partial charge on any atom is -0.269 e. The molecule has 0 fully saturated rings. The Kier molecular flexibility index (Phi) is 55400. The van der Waals surface area contributed by atoms with Crippen LogP contribution in [0, 0.1) is 0 Å². The molecular weight excluding hydrogens is 93.0 g/mol. The summed E-state index contributed by atoms with van der Waals surface area (Å²) in [6, 6.07) is 0. The molecule has 0 bridgehead atoms. The van der Waals surface area contributed by atoms with Crippen molar-refractivity contribution in [2.75, 3.05) is 0 Å². The van der Waals surface area contributed by atoms with Crippen LogP contribution >= 0.6 is 0 Å². The van der Waals surface area contributed by atoms with Crippen molar-refractivity contribution in [2.45, 2.75) is 21.3 Å². The van der Waals surface area contributed by atoms with E-state index in [2.05, 4.69) is 0 Å². The van der Waals surface area contributed by atoms with Crippen LogP contribution < -0.4 is 0 Å². The third-order valence-corrected chi connectivity index (χ3v) is 0. The Hall–Kier alpha value is -0.210. The second kappa shape index (κ2) is 1560. The third-order valence-electron chi connectivity index (χ3n) is 0. The van der Waals surface area contributed by atoms with E-state index in [4.69, 9.17) is 0 Å². The van der Waals surface area contributed by atoms with Crippen molar-refractivity contribution in [3.8, 4) is 0 Å². The fourth-order valence-corrected chi connectivity index (χ4v) is 0. The first-order valence-corrected chi connectivity index (χ1v) is 1.00. The molecule has 0 unspecified atom stereocenters. The predicted octanol–water partition coefficient (Wildman–Crippen LogP) is 2.12. The van der Waals surface area contributed by atoms with E-state index in [0.717, 1.165) is 0 Å². The van der Waals surface area contributed by atoms with Crippen molar-refractivity contribution in [3.05, 3.63) is 0 Å². The van der Waals surface area contributed by atoms with E-state index in [1.54, 1.807) is 0 Å². The van der Waals surface area contributed by atoms with Gasteiger partial charge in [0.15, 0.2) is 0 Å². The lowest BCUT2D eigenvalue weighted by Gasteiger charge is -1.07. The van der Waals surface area contributed by atoms with Crippen molar-refractivity contribution in [2.24, 2.45) is 0 Å². The van der Waals surface area contributed by atoms with E-state index in [9.17, 15) is 0 Å². The molecule has 0 rings (SSSR count). The lowest BCUT2D eigenvalue weighted by molar-refractivity contribution is 1.11. The van der Waals surface area contributed by atoms with E-state index < -0.39 is 0 Å². The third kappa shape index (κ3) is 669. The van der Waals surface area contributed by atoms with Crippen molar-refractivity contribution < 1.29 is 14.1 Å². The predicted molar refractivity (Wildman–Crippen MR) is 25.6 cm³/mol. The van der Waals surface area contributed by atoms with Crippen LogP contribution in [0.2, 0.25) is 0 Å². The summed E-state index contributed by atoms with van der Waals surface area (Å²) in [4.78, 5) is 0. The van der Waals surface area contributed by atoms with Crippen molar-refractivity contribution >= 4 is 0 Å². The molecule has 0 aliphatic heterocycles. The Morgan fingerprint density at radius 3 is 0.667 bits per heavy atom. The fourth-order valence-electron chi connectivity index (χ4n) is 0. The van der Waals surface area contributed by atoms with Gasteiger partial charge >= 0.3 is 0 Å². The van der Waals surface area contributed by atoms with Gasteiger partial charge in [0.2, 0.25) is 0 Å². The van der Waals surface area contributed by atoms with Crippen molar-refractivity contribution in [1.29, 1.82) is 0 Å². The molecule has 0 saturated heterocycles. The van der Waals surface area contributed by atoms with Gasteiger partial charge in [-0.3, -0.25) is 14.1 Å². The molecule has 0 amide bonds. The molecule has 0 radical (unpaired) electrons. The van der Waals surface area contributed by atoms with Crippen LogP contribution in [-0.2, 0) is 0 Å². The molecule has 46 valence electrons. The molecule has 0 nitrogen and oxygen atoms in total. The van der Waals surface area contributed by atoms with Crippen LogP contribution in [0.3, 0.4) is 0 Å². The molecule has 0 aromatic carbocycles. The van der Waals surface area contributed by atoms with Crippen LogP contribution in [0.15, 0.2) is 0 Å². The van der Waals surface area contributed by atoms with E-state index in [-0.39, 0.29) is 21.5 Å². The highest BCUT2D eigenvalue weighted by Crippen LogP contribution is 1.14. The quantitative estimate of drug-likeness (QED) is 0.443. The number of rotatable bonds is 0. The van der Waals surface area contributed by atoms with Gasteiger partial charge in [0.25, 0.3) is 0 Å². The highest BCUT2D eigenvalue weighted by molar-refractivity contribution is 3.50. The maximum Gasteiger partial charge on any atom is -0.0683 e. The van der Waals surface area contributed by atoms with Crippen LogP contribution in [0.25, 0.3) is 0 Å². The first kappa shape index (κ1) is 213.